The van der Waals surface area contributed by atoms with Crippen LogP contribution in [0.1, 0.15) is 24.1 Å². The van der Waals surface area contributed by atoms with Crippen molar-refractivity contribution in [2.24, 2.45) is 5.73 Å². The Labute approximate surface area is 124 Å². The third-order valence-electron chi connectivity index (χ3n) is 2.89. The van der Waals surface area contributed by atoms with Crippen molar-refractivity contribution in [3.8, 4) is 11.5 Å². The normalized spacial score (nSPS) is 12.3. The van der Waals surface area contributed by atoms with E-state index < -0.39 is 11.9 Å². The van der Waals surface area contributed by atoms with Crippen molar-refractivity contribution in [3.63, 3.8) is 0 Å². The van der Waals surface area contributed by atoms with Crippen LogP contribution in [0, 0.1) is 18.6 Å². The lowest BCUT2D eigenvalue weighted by atomic mass is 10.1. The zero-order chi connectivity index (χ0) is 14.9. The van der Waals surface area contributed by atoms with Crippen molar-refractivity contribution in [1.29, 1.82) is 0 Å². The molecule has 0 saturated heterocycles. The Morgan fingerprint density at radius 2 is 1.80 bits per heavy atom. The lowest BCUT2D eigenvalue weighted by Crippen LogP contribution is -2.08. The van der Waals surface area contributed by atoms with Gasteiger partial charge < -0.3 is 10.5 Å². The van der Waals surface area contributed by atoms with Gasteiger partial charge in [0.1, 0.15) is 11.6 Å². The maximum Gasteiger partial charge on any atom is 0.165 e. The molecule has 1 atom stereocenters. The van der Waals surface area contributed by atoms with E-state index in [0.717, 1.165) is 0 Å². The van der Waals surface area contributed by atoms with E-state index in [-0.39, 0.29) is 11.6 Å². The summed E-state index contributed by atoms with van der Waals surface area (Å²) in [7, 11) is 0. The topological polar surface area (TPSA) is 35.2 Å². The zero-order valence-corrected chi connectivity index (χ0v) is 12.7. The summed E-state index contributed by atoms with van der Waals surface area (Å²) in [6.07, 6.45) is 0. The largest absolute Gasteiger partial charge is 0.454 e. The summed E-state index contributed by atoms with van der Waals surface area (Å²) >= 11 is 3.25. The Hall–Kier alpha value is -1.46. The molecule has 0 spiro atoms. The highest BCUT2D eigenvalue weighted by Gasteiger charge is 2.14. The van der Waals surface area contributed by atoms with Gasteiger partial charge in [-0.25, -0.2) is 8.78 Å². The van der Waals surface area contributed by atoms with E-state index in [2.05, 4.69) is 15.9 Å². The van der Waals surface area contributed by atoms with Gasteiger partial charge in [0.25, 0.3) is 0 Å². The van der Waals surface area contributed by atoms with Gasteiger partial charge in [-0.05, 0) is 49.7 Å². The number of benzene rings is 2. The van der Waals surface area contributed by atoms with E-state index >= 15 is 0 Å². The van der Waals surface area contributed by atoms with E-state index in [1.54, 1.807) is 19.9 Å². The van der Waals surface area contributed by atoms with Crippen LogP contribution >= 0.6 is 15.9 Å². The molecule has 0 radical (unpaired) electrons. The van der Waals surface area contributed by atoms with Crippen LogP contribution in [0.5, 0.6) is 11.5 Å². The Morgan fingerprint density at radius 3 is 2.45 bits per heavy atom. The van der Waals surface area contributed by atoms with Crippen LogP contribution in [-0.4, -0.2) is 0 Å². The molecular formula is C15H14BrF2NO. The molecule has 2 aromatic carbocycles. The number of halogens is 3. The van der Waals surface area contributed by atoms with Crippen molar-refractivity contribution in [2.45, 2.75) is 19.9 Å². The first-order valence-electron chi connectivity index (χ1n) is 6.07. The average molecular weight is 342 g/mol. The minimum Gasteiger partial charge on any atom is -0.454 e. The number of rotatable bonds is 3. The van der Waals surface area contributed by atoms with Gasteiger partial charge in [0, 0.05) is 16.1 Å². The van der Waals surface area contributed by atoms with E-state index in [4.69, 9.17) is 10.5 Å². The van der Waals surface area contributed by atoms with Gasteiger partial charge in [-0.15, -0.1) is 0 Å². The Kier molecular flexibility index (Phi) is 4.40. The van der Waals surface area contributed by atoms with Crippen molar-refractivity contribution in [3.05, 3.63) is 57.6 Å². The molecule has 2 rings (SSSR count). The second kappa shape index (κ2) is 5.89. The molecule has 0 amide bonds. The van der Waals surface area contributed by atoms with Crippen molar-refractivity contribution in [1.82, 2.24) is 0 Å². The monoisotopic (exact) mass is 341 g/mol. The molecule has 20 heavy (non-hydrogen) atoms. The molecule has 2 N–H and O–H groups in total. The molecule has 2 nitrogen and oxygen atoms in total. The predicted octanol–water partition coefficient (Wildman–Crippen LogP) is 4.85. The van der Waals surface area contributed by atoms with E-state index in [0.29, 0.717) is 21.3 Å². The third-order valence-corrected chi connectivity index (χ3v) is 3.39. The molecule has 106 valence electrons. The van der Waals surface area contributed by atoms with Gasteiger partial charge in [0.15, 0.2) is 11.6 Å². The molecule has 0 heterocycles. The Bertz CT molecular complexity index is 644. The van der Waals surface area contributed by atoms with Crippen molar-refractivity contribution < 1.29 is 13.5 Å². The standard InChI is InChI=1S/C15H14BrF2NO/c1-8-5-14(11(9(2)19)7-13(8)18)20-15-6-10(16)3-4-12(15)17/h3-7,9H,19H2,1-2H3/t9-/m0/s1. The van der Waals surface area contributed by atoms with Gasteiger partial charge in [-0.1, -0.05) is 15.9 Å². The fourth-order valence-corrected chi connectivity index (χ4v) is 2.13. The smallest absolute Gasteiger partial charge is 0.165 e. The minimum absolute atomic E-state index is 0.0623. The predicted molar refractivity (Wildman–Crippen MR) is 77.9 cm³/mol. The summed E-state index contributed by atoms with van der Waals surface area (Å²) < 4.78 is 33.6. The molecule has 0 bridgehead atoms. The number of hydrogen-bond acceptors (Lipinski definition) is 2. The maximum absolute atomic E-state index is 13.7. The summed E-state index contributed by atoms with van der Waals surface area (Å²) in [5, 5.41) is 0. The fraction of sp³-hybridized carbons (Fsp3) is 0.200. The summed E-state index contributed by atoms with van der Waals surface area (Å²) in [5.41, 5.74) is 6.71. The van der Waals surface area contributed by atoms with Gasteiger partial charge in [0.05, 0.1) is 0 Å². The lowest BCUT2D eigenvalue weighted by Gasteiger charge is -2.15. The van der Waals surface area contributed by atoms with Crippen LogP contribution in [-0.2, 0) is 0 Å². The molecule has 0 aliphatic heterocycles. The van der Waals surface area contributed by atoms with Crippen LogP contribution in [0.25, 0.3) is 0 Å². The van der Waals surface area contributed by atoms with Crippen molar-refractivity contribution >= 4 is 15.9 Å². The molecule has 0 aromatic heterocycles. The van der Waals surface area contributed by atoms with E-state index in [9.17, 15) is 8.78 Å². The number of hydrogen-bond donors (Lipinski definition) is 1. The number of aryl methyl sites for hydroxylation is 1. The summed E-state index contributed by atoms with van der Waals surface area (Å²) in [6.45, 7) is 3.33. The highest BCUT2D eigenvalue weighted by Crippen LogP contribution is 2.33. The molecule has 0 aliphatic rings. The van der Waals surface area contributed by atoms with Gasteiger partial charge in [0.2, 0.25) is 0 Å². The first-order valence-corrected chi connectivity index (χ1v) is 6.86. The summed E-state index contributed by atoms with van der Waals surface area (Å²) in [4.78, 5) is 0. The average Bonchev–Trinajstić information content (AvgIpc) is 2.37. The Morgan fingerprint density at radius 1 is 1.10 bits per heavy atom. The lowest BCUT2D eigenvalue weighted by molar-refractivity contribution is 0.432. The van der Waals surface area contributed by atoms with E-state index in [1.165, 1.54) is 24.3 Å². The second-order valence-corrected chi connectivity index (χ2v) is 5.52. The molecular weight excluding hydrogens is 328 g/mol. The van der Waals surface area contributed by atoms with Crippen molar-refractivity contribution in [2.75, 3.05) is 0 Å². The zero-order valence-electron chi connectivity index (χ0n) is 11.1. The quantitative estimate of drug-likeness (QED) is 0.866. The molecule has 0 saturated carbocycles. The molecule has 2 aromatic rings. The molecule has 0 unspecified atom stereocenters. The van der Waals surface area contributed by atoms with Crippen LogP contribution in [0.4, 0.5) is 8.78 Å². The minimum atomic E-state index is -0.495. The van der Waals surface area contributed by atoms with Crippen LogP contribution in [0.2, 0.25) is 0 Å². The Balaban J connectivity index is 2.47. The molecule has 0 fully saturated rings. The molecule has 5 heteroatoms. The number of ether oxygens (including phenoxy) is 1. The second-order valence-electron chi connectivity index (χ2n) is 4.60. The highest BCUT2D eigenvalue weighted by atomic mass is 79.9. The maximum atomic E-state index is 13.7. The SMILES string of the molecule is Cc1cc(Oc2cc(Br)ccc2F)c([C@H](C)N)cc1F. The van der Waals surface area contributed by atoms with Gasteiger partial charge in [-0.2, -0.15) is 0 Å². The van der Waals surface area contributed by atoms with Gasteiger partial charge in [-0.3, -0.25) is 0 Å². The number of nitrogens with two attached hydrogens (primary N) is 1. The molecule has 0 aliphatic carbocycles. The van der Waals surface area contributed by atoms with Crippen LogP contribution < -0.4 is 10.5 Å². The van der Waals surface area contributed by atoms with Crippen LogP contribution in [0.3, 0.4) is 0 Å². The summed E-state index contributed by atoms with van der Waals surface area (Å²) in [5.74, 6) is -0.437. The fourth-order valence-electron chi connectivity index (χ4n) is 1.79. The highest BCUT2D eigenvalue weighted by molar-refractivity contribution is 9.10. The summed E-state index contributed by atoms with van der Waals surface area (Å²) in [6, 6.07) is 6.81. The van der Waals surface area contributed by atoms with Crippen LogP contribution in [0.15, 0.2) is 34.8 Å². The van der Waals surface area contributed by atoms with Gasteiger partial charge >= 0.3 is 0 Å². The first-order chi connectivity index (χ1) is 9.38. The first kappa shape index (κ1) is 14.9. The third kappa shape index (κ3) is 3.16. The van der Waals surface area contributed by atoms with E-state index in [1.807, 2.05) is 0 Å².